The summed E-state index contributed by atoms with van der Waals surface area (Å²) in [6, 6.07) is 0. The van der Waals surface area contributed by atoms with Crippen molar-refractivity contribution in [3.63, 3.8) is 0 Å². The molecule has 0 amide bonds. The molecule has 0 aliphatic heterocycles. The normalized spacial score (nSPS) is 6.00. The van der Waals surface area contributed by atoms with Gasteiger partial charge in [-0.15, -0.1) is 0 Å². The molecule has 0 aliphatic carbocycles. The molecule has 0 aliphatic rings. The predicted molar refractivity (Wildman–Crippen MR) is 61.6 cm³/mol. The molecule has 0 spiro atoms. The average molecular weight is 248 g/mol. The monoisotopic (exact) mass is 248 g/mol. The van der Waals surface area contributed by atoms with Crippen LogP contribution >= 0.6 is 0 Å². The minimum atomic E-state index is -0.981. The first-order valence-electron chi connectivity index (χ1n) is 3.82. The summed E-state index contributed by atoms with van der Waals surface area (Å²) in [5, 5.41) is 29.8. The summed E-state index contributed by atoms with van der Waals surface area (Å²) < 4.78 is 0. The number of carbonyl (C=O) groups is 3. The lowest BCUT2D eigenvalue weighted by molar-refractivity contribution is -0.132. The second kappa shape index (κ2) is 23.4. The van der Waals surface area contributed by atoms with Crippen LogP contribution in [0.4, 0.5) is 0 Å². The summed E-state index contributed by atoms with van der Waals surface area (Å²) in [7, 11) is 1.00. The lowest BCUT2D eigenvalue weighted by atomic mass is 10.7. The zero-order valence-electron chi connectivity index (χ0n) is 9.37. The Balaban J connectivity index is -0.0000000693. The summed E-state index contributed by atoms with van der Waals surface area (Å²) in [6.07, 6.45) is 2.50. The fourth-order valence-corrected chi connectivity index (χ4v) is 0. The van der Waals surface area contributed by atoms with Crippen LogP contribution in [0.15, 0.2) is 38.0 Å². The molecule has 98 valence electrons. The first-order valence-corrected chi connectivity index (χ1v) is 3.82. The Labute approximate surface area is 98.6 Å². The van der Waals surface area contributed by atoms with Gasteiger partial charge in [0, 0.05) is 25.3 Å². The van der Waals surface area contributed by atoms with Crippen LogP contribution in [0, 0.1) is 0 Å². The van der Waals surface area contributed by atoms with Gasteiger partial charge in [-0.2, -0.15) is 0 Å². The highest BCUT2D eigenvalue weighted by Gasteiger charge is 1.74. The number of aliphatic hydroxyl groups is 1. The summed E-state index contributed by atoms with van der Waals surface area (Å²) in [4.78, 5) is 27.8. The SMILES string of the molecule is C=CC(=O)O.C=CC(=O)O.C=CC(=O)O.CO. The standard InChI is InChI=1S/3C3H4O2.CH4O/c3*1-2-3(4)5;1-2/h3*2H,1H2,(H,4,5);2H,1H3. The van der Waals surface area contributed by atoms with Gasteiger partial charge in [0.05, 0.1) is 0 Å². The number of aliphatic carboxylic acids is 3. The first-order chi connectivity index (χ1) is 7.81. The Morgan fingerprint density at radius 1 is 0.706 bits per heavy atom. The summed E-state index contributed by atoms with van der Waals surface area (Å²) in [5.74, 6) is -2.94. The maximum atomic E-state index is 9.25. The Bertz CT molecular complexity index is 213. The fraction of sp³-hybridized carbons (Fsp3) is 0.100. The second-order valence-electron chi connectivity index (χ2n) is 1.63. The maximum Gasteiger partial charge on any atom is 0.327 e. The lowest BCUT2D eigenvalue weighted by Crippen LogP contribution is -1.82. The molecule has 4 N–H and O–H groups in total. The first kappa shape index (κ1) is 24.0. The van der Waals surface area contributed by atoms with Gasteiger partial charge in [0.25, 0.3) is 0 Å². The highest BCUT2D eigenvalue weighted by Crippen LogP contribution is 1.55. The number of hydrogen-bond acceptors (Lipinski definition) is 4. The van der Waals surface area contributed by atoms with Crippen LogP contribution in [0.2, 0.25) is 0 Å². The molecule has 0 saturated carbocycles. The Morgan fingerprint density at radius 2 is 0.765 bits per heavy atom. The molecule has 0 radical (unpaired) electrons. The number of carboxylic acids is 3. The van der Waals surface area contributed by atoms with Crippen molar-refractivity contribution in [1.82, 2.24) is 0 Å². The van der Waals surface area contributed by atoms with E-state index in [1.165, 1.54) is 0 Å². The largest absolute Gasteiger partial charge is 0.478 e. The minimum absolute atomic E-state index is 0.833. The van der Waals surface area contributed by atoms with Crippen molar-refractivity contribution >= 4 is 17.9 Å². The Morgan fingerprint density at radius 3 is 0.765 bits per heavy atom. The van der Waals surface area contributed by atoms with Crippen LogP contribution in [0.5, 0.6) is 0 Å². The molecule has 0 rings (SSSR count). The molecule has 0 aromatic heterocycles. The summed E-state index contributed by atoms with van der Waals surface area (Å²) in [6.45, 7) is 8.88. The molecule has 0 atom stereocenters. The molecule has 0 aromatic rings. The van der Waals surface area contributed by atoms with Crippen LogP contribution < -0.4 is 0 Å². The van der Waals surface area contributed by atoms with E-state index < -0.39 is 17.9 Å². The van der Waals surface area contributed by atoms with Crippen molar-refractivity contribution in [2.24, 2.45) is 0 Å². The third-order valence-electron chi connectivity index (χ3n) is 0.524. The van der Waals surface area contributed by atoms with Crippen molar-refractivity contribution in [2.75, 3.05) is 7.11 Å². The van der Waals surface area contributed by atoms with Crippen LogP contribution in [-0.2, 0) is 14.4 Å². The molecule has 7 heteroatoms. The van der Waals surface area contributed by atoms with Gasteiger partial charge in [0.1, 0.15) is 0 Å². The van der Waals surface area contributed by atoms with Gasteiger partial charge in [-0.3, -0.25) is 0 Å². The van der Waals surface area contributed by atoms with Gasteiger partial charge in [-0.1, -0.05) is 19.7 Å². The Kier molecular flexibility index (Phi) is 33.1. The van der Waals surface area contributed by atoms with E-state index in [9.17, 15) is 14.4 Å². The fourth-order valence-electron chi connectivity index (χ4n) is 0. The van der Waals surface area contributed by atoms with Gasteiger partial charge >= 0.3 is 17.9 Å². The van der Waals surface area contributed by atoms with Crippen LogP contribution in [0.3, 0.4) is 0 Å². The average Bonchev–Trinajstić information content (AvgIpc) is 2.32. The molecular weight excluding hydrogens is 232 g/mol. The van der Waals surface area contributed by atoms with Crippen molar-refractivity contribution in [2.45, 2.75) is 0 Å². The van der Waals surface area contributed by atoms with E-state index in [1.807, 2.05) is 0 Å². The van der Waals surface area contributed by atoms with Crippen LogP contribution in [0.1, 0.15) is 0 Å². The van der Waals surface area contributed by atoms with E-state index in [0.29, 0.717) is 0 Å². The third-order valence-corrected chi connectivity index (χ3v) is 0.524. The number of carboxylic acid groups (broad SMARTS) is 3. The number of hydrogen-bond donors (Lipinski definition) is 4. The molecule has 17 heavy (non-hydrogen) atoms. The van der Waals surface area contributed by atoms with Gasteiger partial charge in [0.2, 0.25) is 0 Å². The van der Waals surface area contributed by atoms with Crippen molar-refractivity contribution < 1.29 is 34.8 Å². The third kappa shape index (κ3) is 142. The Hall–Kier alpha value is -2.41. The lowest BCUT2D eigenvalue weighted by Gasteiger charge is -1.64. The second-order valence-corrected chi connectivity index (χ2v) is 1.63. The van der Waals surface area contributed by atoms with E-state index in [0.717, 1.165) is 25.3 Å². The molecule has 0 aromatic carbocycles. The molecule has 0 fully saturated rings. The van der Waals surface area contributed by atoms with Gasteiger partial charge in [-0.05, 0) is 0 Å². The van der Waals surface area contributed by atoms with E-state index in [4.69, 9.17) is 20.4 Å². The maximum absolute atomic E-state index is 9.25. The van der Waals surface area contributed by atoms with Crippen molar-refractivity contribution in [3.8, 4) is 0 Å². The highest BCUT2D eigenvalue weighted by atomic mass is 16.4. The summed E-state index contributed by atoms with van der Waals surface area (Å²) >= 11 is 0. The molecular formula is C10H16O7. The zero-order chi connectivity index (χ0) is 14.9. The smallest absolute Gasteiger partial charge is 0.327 e. The number of aliphatic hydroxyl groups excluding tert-OH is 1. The van der Waals surface area contributed by atoms with E-state index in [1.54, 1.807) is 0 Å². The van der Waals surface area contributed by atoms with Crippen LogP contribution in [0.25, 0.3) is 0 Å². The summed E-state index contributed by atoms with van der Waals surface area (Å²) in [5.41, 5.74) is 0. The quantitative estimate of drug-likeness (QED) is 0.530. The zero-order valence-corrected chi connectivity index (χ0v) is 9.37. The van der Waals surface area contributed by atoms with E-state index in [-0.39, 0.29) is 0 Å². The van der Waals surface area contributed by atoms with E-state index in [2.05, 4.69) is 19.7 Å². The molecule has 0 bridgehead atoms. The number of rotatable bonds is 3. The highest BCUT2D eigenvalue weighted by molar-refractivity contribution is 5.79. The van der Waals surface area contributed by atoms with Crippen LogP contribution in [-0.4, -0.2) is 45.4 Å². The minimum Gasteiger partial charge on any atom is -0.478 e. The molecule has 0 heterocycles. The predicted octanol–water partition coefficient (Wildman–Crippen LogP) is 0.380. The van der Waals surface area contributed by atoms with Gasteiger partial charge in [0.15, 0.2) is 0 Å². The van der Waals surface area contributed by atoms with Crippen molar-refractivity contribution in [1.29, 1.82) is 0 Å². The van der Waals surface area contributed by atoms with Gasteiger partial charge in [-0.25, -0.2) is 14.4 Å². The molecule has 7 nitrogen and oxygen atoms in total. The van der Waals surface area contributed by atoms with E-state index >= 15 is 0 Å². The molecule has 0 unspecified atom stereocenters. The van der Waals surface area contributed by atoms with Gasteiger partial charge < -0.3 is 20.4 Å². The molecule has 0 saturated heterocycles. The van der Waals surface area contributed by atoms with Crippen molar-refractivity contribution in [3.05, 3.63) is 38.0 Å². The topological polar surface area (TPSA) is 132 Å².